The van der Waals surface area contributed by atoms with Crippen LogP contribution < -0.4 is 0 Å². The molecule has 0 unspecified atom stereocenters. The average Bonchev–Trinajstić information content (AvgIpc) is 3.10. The molecule has 0 heterocycles. The van der Waals surface area contributed by atoms with Crippen molar-refractivity contribution >= 4 is 11.8 Å². The molecule has 0 radical (unpaired) electrons. The molecular weight excluding hydrogens is 216 g/mol. The predicted molar refractivity (Wildman–Crippen MR) is 63.5 cm³/mol. The standard InChI is InChI=1S/C14H16O3/c1-2-17-14(16)9-13(15)12-8-11(12)10-6-4-3-5-7-10/h3-7,11-12H,2,8-9H2,1H3/t11-,12-/m1/s1. The van der Waals surface area contributed by atoms with Gasteiger partial charge in [-0.2, -0.15) is 0 Å². The predicted octanol–water partition coefficient (Wildman–Crippen LogP) is 2.31. The highest BCUT2D eigenvalue weighted by atomic mass is 16.5. The molecule has 0 bridgehead atoms. The molecule has 90 valence electrons. The Labute approximate surface area is 101 Å². The fraction of sp³-hybridized carbons (Fsp3) is 0.429. The van der Waals surface area contributed by atoms with E-state index in [1.54, 1.807) is 6.92 Å². The minimum Gasteiger partial charge on any atom is -0.466 e. The fourth-order valence-corrected chi connectivity index (χ4v) is 2.10. The minimum atomic E-state index is -0.406. The molecule has 1 aliphatic rings. The van der Waals surface area contributed by atoms with Gasteiger partial charge in [0.2, 0.25) is 0 Å². The Hall–Kier alpha value is -1.64. The van der Waals surface area contributed by atoms with Gasteiger partial charge in [0, 0.05) is 5.92 Å². The van der Waals surface area contributed by atoms with Crippen LogP contribution >= 0.6 is 0 Å². The Balaban J connectivity index is 1.87. The lowest BCUT2D eigenvalue weighted by Crippen LogP contribution is -2.13. The Morgan fingerprint density at radius 2 is 2.00 bits per heavy atom. The van der Waals surface area contributed by atoms with Gasteiger partial charge in [0.1, 0.15) is 12.2 Å². The molecule has 17 heavy (non-hydrogen) atoms. The summed E-state index contributed by atoms with van der Waals surface area (Å²) >= 11 is 0. The number of benzene rings is 1. The largest absolute Gasteiger partial charge is 0.466 e. The molecule has 2 atom stereocenters. The maximum Gasteiger partial charge on any atom is 0.313 e. The van der Waals surface area contributed by atoms with Gasteiger partial charge in [0.15, 0.2) is 0 Å². The molecule has 1 aromatic carbocycles. The zero-order valence-electron chi connectivity index (χ0n) is 9.89. The van der Waals surface area contributed by atoms with Gasteiger partial charge in [-0.05, 0) is 24.8 Å². The Morgan fingerprint density at radius 1 is 1.29 bits per heavy atom. The minimum absolute atomic E-state index is 0.0114. The summed E-state index contributed by atoms with van der Waals surface area (Å²) in [6, 6.07) is 9.97. The monoisotopic (exact) mass is 232 g/mol. The second kappa shape index (κ2) is 5.13. The number of esters is 1. The Morgan fingerprint density at radius 3 is 2.65 bits per heavy atom. The SMILES string of the molecule is CCOC(=O)CC(=O)[C@@H]1C[C@@H]1c1ccccc1. The molecule has 0 spiro atoms. The molecule has 0 aliphatic heterocycles. The summed E-state index contributed by atoms with van der Waals surface area (Å²) in [7, 11) is 0. The first-order valence-electron chi connectivity index (χ1n) is 5.95. The van der Waals surface area contributed by atoms with Crippen molar-refractivity contribution in [2.45, 2.75) is 25.7 Å². The first kappa shape index (κ1) is 11.8. The molecule has 1 aromatic rings. The van der Waals surface area contributed by atoms with Crippen molar-refractivity contribution in [1.82, 2.24) is 0 Å². The molecule has 0 saturated heterocycles. The molecule has 0 N–H and O–H groups in total. The topological polar surface area (TPSA) is 43.4 Å². The van der Waals surface area contributed by atoms with Crippen molar-refractivity contribution in [3.8, 4) is 0 Å². The van der Waals surface area contributed by atoms with Crippen LogP contribution in [0.3, 0.4) is 0 Å². The van der Waals surface area contributed by atoms with Gasteiger partial charge in [-0.3, -0.25) is 9.59 Å². The highest BCUT2D eigenvalue weighted by Gasteiger charge is 2.43. The molecular formula is C14H16O3. The molecule has 3 heteroatoms. The summed E-state index contributed by atoms with van der Waals surface area (Å²) in [5.41, 5.74) is 1.19. The molecule has 2 rings (SSSR count). The zero-order valence-corrected chi connectivity index (χ0v) is 9.89. The van der Waals surface area contributed by atoms with E-state index in [0.717, 1.165) is 6.42 Å². The summed E-state index contributed by atoms with van der Waals surface area (Å²) in [5.74, 6) is -0.0755. The van der Waals surface area contributed by atoms with Gasteiger partial charge >= 0.3 is 5.97 Å². The highest BCUT2D eigenvalue weighted by molar-refractivity contribution is 5.98. The molecule has 1 aliphatic carbocycles. The number of carbonyl (C=O) groups is 2. The number of carbonyl (C=O) groups excluding carboxylic acids is 2. The summed E-state index contributed by atoms with van der Waals surface area (Å²) in [5, 5.41) is 0. The van der Waals surface area contributed by atoms with Crippen LogP contribution in [0.15, 0.2) is 30.3 Å². The summed E-state index contributed by atoms with van der Waals surface area (Å²) in [6.07, 6.45) is 0.782. The third-order valence-electron chi connectivity index (χ3n) is 3.06. The summed E-state index contributed by atoms with van der Waals surface area (Å²) < 4.78 is 4.77. The van der Waals surface area contributed by atoms with E-state index in [-0.39, 0.29) is 18.1 Å². The lowest BCUT2D eigenvalue weighted by atomic mass is 10.1. The molecule has 0 aromatic heterocycles. The van der Waals surface area contributed by atoms with E-state index in [2.05, 4.69) is 0 Å². The lowest BCUT2D eigenvalue weighted by Gasteiger charge is -2.01. The van der Waals surface area contributed by atoms with Crippen molar-refractivity contribution in [3.05, 3.63) is 35.9 Å². The normalized spacial score (nSPS) is 21.9. The van der Waals surface area contributed by atoms with Gasteiger partial charge < -0.3 is 4.74 Å². The van der Waals surface area contributed by atoms with Gasteiger partial charge in [-0.25, -0.2) is 0 Å². The molecule has 1 fully saturated rings. The van der Waals surface area contributed by atoms with Crippen molar-refractivity contribution in [1.29, 1.82) is 0 Å². The maximum absolute atomic E-state index is 11.8. The van der Waals surface area contributed by atoms with E-state index in [9.17, 15) is 9.59 Å². The van der Waals surface area contributed by atoms with Gasteiger partial charge in [-0.1, -0.05) is 30.3 Å². The lowest BCUT2D eigenvalue weighted by molar-refractivity contribution is -0.145. The van der Waals surface area contributed by atoms with Crippen LogP contribution in [-0.4, -0.2) is 18.4 Å². The van der Waals surface area contributed by atoms with E-state index < -0.39 is 5.97 Å². The first-order chi connectivity index (χ1) is 8.22. The van der Waals surface area contributed by atoms with E-state index in [1.165, 1.54) is 5.56 Å². The van der Waals surface area contributed by atoms with Crippen LogP contribution in [0, 0.1) is 5.92 Å². The Kier molecular flexibility index (Phi) is 3.57. The number of hydrogen-bond acceptors (Lipinski definition) is 3. The van der Waals surface area contributed by atoms with Crippen LogP contribution in [0.4, 0.5) is 0 Å². The van der Waals surface area contributed by atoms with Crippen LogP contribution in [-0.2, 0) is 14.3 Å². The van der Waals surface area contributed by atoms with Crippen molar-refractivity contribution in [3.63, 3.8) is 0 Å². The van der Waals surface area contributed by atoms with E-state index >= 15 is 0 Å². The van der Waals surface area contributed by atoms with E-state index in [0.29, 0.717) is 12.5 Å². The summed E-state index contributed by atoms with van der Waals surface area (Å²) in [4.78, 5) is 23.0. The quantitative estimate of drug-likeness (QED) is 0.578. The molecule has 1 saturated carbocycles. The number of rotatable bonds is 5. The smallest absolute Gasteiger partial charge is 0.313 e. The third-order valence-corrected chi connectivity index (χ3v) is 3.06. The van der Waals surface area contributed by atoms with Crippen molar-refractivity contribution in [2.75, 3.05) is 6.61 Å². The average molecular weight is 232 g/mol. The van der Waals surface area contributed by atoms with Gasteiger partial charge in [0.25, 0.3) is 0 Å². The van der Waals surface area contributed by atoms with Crippen molar-refractivity contribution in [2.24, 2.45) is 5.92 Å². The fourth-order valence-electron chi connectivity index (χ4n) is 2.10. The number of hydrogen-bond donors (Lipinski definition) is 0. The van der Waals surface area contributed by atoms with E-state index in [4.69, 9.17) is 4.74 Å². The van der Waals surface area contributed by atoms with Gasteiger partial charge in [0.05, 0.1) is 6.61 Å². The molecule has 0 amide bonds. The van der Waals surface area contributed by atoms with Crippen LogP contribution in [0.5, 0.6) is 0 Å². The first-order valence-corrected chi connectivity index (χ1v) is 5.95. The van der Waals surface area contributed by atoms with Crippen LogP contribution in [0.2, 0.25) is 0 Å². The molecule has 3 nitrogen and oxygen atoms in total. The van der Waals surface area contributed by atoms with Crippen LogP contribution in [0.25, 0.3) is 0 Å². The summed E-state index contributed by atoms with van der Waals surface area (Å²) in [6.45, 7) is 2.07. The third kappa shape index (κ3) is 2.93. The van der Waals surface area contributed by atoms with Gasteiger partial charge in [-0.15, -0.1) is 0 Å². The second-order valence-corrected chi connectivity index (χ2v) is 4.31. The van der Waals surface area contributed by atoms with Crippen molar-refractivity contribution < 1.29 is 14.3 Å². The van der Waals surface area contributed by atoms with E-state index in [1.807, 2.05) is 30.3 Å². The number of ketones is 1. The van der Waals surface area contributed by atoms with Crippen LogP contribution in [0.1, 0.15) is 31.2 Å². The zero-order chi connectivity index (χ0) is 12.3. The number of Topliss-reactive ketones (excluding diaryl/α,β-unsaturated/α-hetero) is 1. The highest BCUT2D eigenvalue weighted by Crippen LogP contribution is 2.48. The Bertz CT molecular complexity index is 411. The second-order valence-electron chi connectivity index (χ2n) is 4.31. The number of ether oxygens (including phenoxy) is 1. The maximum atomic E-state index is 11.8.